The van der Waals surface area contributed by atoms with Crippen LogP contribution in [-0.2, 0) is 6.54 Å². The number of rotatable bonds is 5. The van der Waals surface area contributed by atoms with Gasteiger partial charge < -0.3 is 0 Å². The number of hydrogen-bond donors (Lipinski definition) is 0. The van der Waals surface area contributed by atoms with Crippen molar-refractivity contribution in [1.29, 1.82) is 0 Å². The molecule has 0 unspecified atom stereocenters. The molecular formula is C14H14BrNOS. The predicted octanol–water partition coefficient (Wildman–Crippen LogP) is 3.83. The summed E-state index contributed by atoms with van der Waals surface area (Å²) in [5.74, 6) is 0.160. The van der Waals surface area contributed by atoms with Gasteiger partial charge in [0.25, 0.3) is 0 Å². The SMILES string of the molecule is CN(CC(=O)c1ccccc1)Cc1csc(Br)c1. The van der Waals surface area contributed by atoms with Gasteiger partial charge in [-0.15, -0.1) is 11.3 Å². The Hall–Kier alpha value is -0.970. The number of nitrogens with zero attached hydrogens (tertiary/aromatic N) is 1. The van der Waals surface area contributed by atoms with Crippen molar-refractivity contribution >= 4 is 33.0 Å². The van der Waals surface area contributed by atoms with Gasteiger partial charge in [-0.05, 0) is 40.0 Å². The number of likely N-dealkylation sites (N-methyl/N-ethyl adjacent to an activating group) is 1. The average Bonchev–Trinajstić information content (AvgIpc) is 2.75. The number of Topliss-reactive ketones (excluding diaryl/α,β-unsaturated/α-hetero) is 1. The lowest BCUT2D eigenvalue weighted by Gasteiger charge is -2.14. The van der Waals surface area contributed by atoms with Crippen LogP contribution in [0.1, 0.15) is 15.9 Å². The number of benzene rings is 1. The van der Waals surface area contributed by atoms with Gasteiger partial charge in [0.1, 0.15) is 0 Å². The van der Waals surface area contributed by atoms with Gasteiger partial charge in [0.05, 0.1) is 10.3 Å². The summed E-state index contributed by atoms with van der Waals surface area (Å²) < 4.78 is 1.13. The fourth-order valence-corrected chi connectivity index (χ4v) is 2.96. The van der Waals surface area contributed by atoms with E-state index in [4.69, 9.17) is 0 Å². The van der Waals surface area contributed by atoms with Crippen molar-refractivity contribution in [3.8, 4) is 0 Å². The van der Waals surface area contributed by atoms with Crippen molar-refractivity contribution in [1.82, 2.24) is 4.90 Å². The zero-order valence-electron chi connectivity index (χ0n) is 10.1. The zero-order valence-corrected chi connectivity index (χ0v) is 12.5. The van der Waals surface area contributed by atoms with Crippen LogP contribution in [-0.4, -0.2) is 24.3 Å². The highest BCUT2D eigenvalue weighted by atomic mass is 79.9. The number of hydrogen-bond acceptors (Lipinski definition) is 3. The Morgan fingerprint density at radius 2 is 2.06 bits per heavy atom. The summed E-state index contributed by atoms with van der Waals surface area (Å²) in [6.45, 7) is 1.23. The predicted molar refractivity (Wildman–Crippen MR) is 79.1 cm³/mol. The Kier molecular flexibility index (Phi) is 4.69. The largest absolute Gasteiger partial charge is 0.295 e. The third-order valence-corrected chi connectivity index (χ3v) is 4.14. The molecule has 18 heavy (non-hydrogen) atoms. The molecule has 4 heteroatoms. The topological polar surface area (TPSA) is 20.3 Å². The van der Waals surface area contributed by atoms with Crippen molar-refractivity contribution in [3.63, 3.8) is 0 Å². The van der Waals surface area contributed by atoms with E-state index in [1.165, 1.54) is 5.56 Å². The molecular weight excluding hydrogens is 310 g/mol. The molecule has 0 aliphatic heterocycles. The Morgan fingerprint density at radius 3 is 2.67 bits per heavy atom. The molecule has 2 nitrogen and oxygen atoms in total. The lowest BCUT2D eigenvalue weighted by Crippen LogP contribution is -2.25. The smallest absolute Gasteiger partial charge is 0.176 e. The van der Waals surface area contributed by atoms with Crippen LogP contribution in [0, 0.1) is 0 Å². The van der Waals surface area contributed by atoms with Crippen molar-refractivity contribution < 1.29 is 4.79 Å². The van der Waals surface area contributed by atoms with E-state index in [0.717, 1.165) is 15.9 Å². The molecule has 0 radical (unpaired) electrons. The van der Waals surface area contributed by atoms with Crippen LogP contribution in [0.5, 0.6) is 0 Å². The number of ketones is 1. The van der Waals surface area contributed by atoms with Crippen LogP contribution in [0.3, 0.4) is 0 Å². The van der Waals surface area contributed by atoms with Gasteiger partial charge in [0, 0.05) is 12.1 Å². The molecule has 0 fully saturated rings. The number of halogens is 1. The number of carbonyl (C=O) groups is 1. The Morgan fingerprint density at radius 1 is 1.33 bits per heavy atom. The first-order chi connectivity index (χ1) is 8.65. The normalized spacial score (nSPS) is 10.8. The summed E-state index contributed by atoms with van der Waals surface area (Å²) in [4.78, 5) is 14.0. The van der Waals surface area contributed by atoms with E-state index in [1.54, 1.807) is 11.3 Å². The van der Waals surface area contributed by atoms with Crippen molar-refractivity contribution in [2.24, 2.45) is 0 Å². The fourth-order valence-electron chi connectivity index (χ4n) is 1.76. The van der Waals surface area contributed by atoms with Crippen molar-refractivity contribution in [2.45, 2.75) is 6.54 Å². The highest BCUT2D eigenvalue weighted by molar-refractivity contribution is 9.11. The Balaban J connectivity index is 1.91. The highest BCUT2D eigenvalue weighted by Crippen LogP contribution is 2.21. The molecule has 2 rings (SSSR count). The lowest BCUT2D eigenvalue weighted by molar-refractivity contribution is 0.0943. The lowest BCUT2D eigenvalue weighted by atomic mass is 10.1. The molecule has 0 atom stereocenters. The Labute approximate surface area is 119 Å². The first kappa shape index (κ1) is 13.5. The molecule has 1 heterocycles. The van der Waals surface area contributed by atoms with Crippen molar-refractivity contribution in [3.05, 3.63) is 56.7 Å². The monoisotopic (exact) mass is 323 g/mol. The van der Waals surface area contributed by atoms with Gasteiger partial charge in [-0.3, -0.25) is 9.69 Å². The third kappa shape index (κ3) is 3.77. The van der Waals surface area contributed by atoms with Crippen LogP contribution in [0.25, 0.3) is 0 Å². The minimum atomic E-state index is 0.160. The first-order valence-corrected chi connectivity index (χ1v) is 7.32. The summed E-state index contributed by atoms with van der Waals surface area (Å²) in [5.41, 5.74) is 2.01. The minimum absolute atomic E-state index is 0.160. The molecule has 0 N–H and O–H groups in total. The zero-order chi connectivity index (χ0) is 13.0. The highest BCUT2D eigenvalue weighted by Gasteiger charge is 2.09. The minimum Gasteiger partial charge on any atom is -0.295 e. The summed E-state index contributed by atoms with van der Waals surface area (Å²) in [7, 11) is 1.96. The van der Waals surface area contributed by atoms with Gasteiger partial charge in [-0.1, -0.05) is 30.3 Å². The molecule has 0 spiro atoms. The standard InChI is InChI=1S/C14H14BrNOS/c1-16(8-11-7-14(15)18-10-11)9-13(17)12-5-3-2-4-6-12/h2-7,10H,8-9H2,1H3. The maximum absolute atomic E-state index is 12.0. The van der Waals surface area contributed by atoms with E-state index in [2.05, 4.69) is 27.4 Å². The van der Waals surface area contributed by atoms with E-state index in [9.17, 15) is 4.79 Å². The van der Waals surface area contributed by atoms with E-state index in [1.807, 2.05) is 42.3 Å². The number of carbonyl (C=O) groups excluding carboxylic acids is 1. The van der Waals surface area contributed by atoms with E-state index >= 15 is 0 Å². The quantitative estimate of drug-likeness (QED) is 0.779. The van der Waals surface area contributed by atoms with Gasteiger partial charge in [0.2, 0.25) is 0 Å². The summed E-state index contributed by atoms with van der Waals surface area (Å²) >= 11 is 5.11. The molecule has 0 saturated carbocycles. The summed E-state index contributed by atoms with van der Waals surface area (Å²) in [6, 6.07) is 11.5. The molecule has 94 valence electrons. The van der Waals surface area contributed by atoms with Crippen LogP contribution in [0.2, 0.25) is 0 Å². The van der Waals surface area contributed by atoms with E-state index in [-0.39, 0.29) is 5.78 Å². The summed E-state index contributed by atoms with van der Waals surface area (Å²) in [6.07, 6.45) is 0. The third-order valence-electron chi connectivity index (χ3n) is 2.58. The van der Waals surface area contributed by atoms with Crippen LogP contribution in [0.15, 0.2) is 45.6 Å². The number of thiophene rings is 1. The molecule has 0 aliphatic carbocycles. The van der Waals surface area contributed by atoms with E-state index < -0.39 is 0 Å². The van der Waals surface area contributed by atoms with Gasteiger partial charge >= 0.3 is 0 Å². The molecule has 2 aromatic rings. The van der Waals surface area contributed by atoms with Gasteiger partial charge in [-0.2, -0.15) is 0 Å². The molecule has 0 saturated heterocycles. The van der Waals surface area contributed by atoms with Gasteiger partial charge in [-0.25, -0.2) is 0 Å². The second-order valence-corrected chi connectivity index (χ2v) is 6.51. The van der Waals surface area contributed by atoms with Crippen molar-refractivity contribution in [2.75, 3.05) is 13.6 Å². The molecule has 0 amide bonds. The van der Waals surface area contributed by atoms with E-state index in [0.29, 0.717) is 6.54 Å². The molecule has 0 bridgehead atoms. The maximum atomic E-state index is 12.0. The van der Waals surface area contributed by atoms with Crippen LogP contribution >= 0.6 is 27.3 Å². The maximum Gasteiger partial charge on any atom is 0.176 e. The molecule has 1 aromatic carbocycles. The average molecular weight is 324 g/mol. The fraction of sp³-hybridized carbons (Fsp3) is 0.214. The van der Waals surface area contributed by atoms with Crippen LogP contribution in [0.4, 0.5) is 0 Å². The second kappa shape index (κ2) is 6.27. The second-order valence-electron chi connectivity index (χ2n) is 4.22. The first-order valence-electron chi connectivity index (χ1n) is 5.65. The molecule has 0 aliphatic rings. The summed E-state index contributed by atoms with van der Waals surface area (Å²) in [5, 5.41) is 2.10. The Bertz CT molecular complexity index is 524. The molecule has 1 aromatic heterocycles. The van der Waals surface area contributed by atoms with Crippen LogP contribution < -0.4 is 0 Å². The van der Waals surface area contributed by atoms with Gasteiger partial charge in [0.15, 0.2) is 5.78 Å².